The SMILES string of the molecule is CCNC(=NCc1ccc(N2CCSCC2)cc1)N1CCCC1.I. The average molecular weight is 460 g/mol. The third kappa shape index (κ3) is 5.44. The van der Waals surface area contributed by atoms with Crippen LogP contribution < -0.4 is 10.2 Å². The number of nitrogens with one attached hydrogen (secondary N) is 1. The summed E-state index contributed by atoms with van der Waals surface area (Å²) in [5.74, 6) is 3.56. The molecule has 2 aliphatic heterocycles. The van der Waals surface area contributed by atoms with Crippen LogP contribution in [-0.4, -0.2) is 55.1 Å². The Morgan fingerprint density at radius 3 is 2.38 bits per heavy atom. The van der Waals surface area contributed by atoms with E-state index in [0.717, 1.165) is 32.1 Å². The summed E-state index contributed by atoms with van der Waals surface area (Å²) in [6, 6.07) is 8.97. The number of anilines is 1. The first-order chi connectivity index (χ1) is 11.4. The standard InChI is InChI=1S/C18H28N4S.HI/c1-2-19-18(22-9-3-4-10-22)20-15-16-5-7-17(8-6-16)21-11-13-23-14-12-21;/h5-8H,2-4,9-15H2,1H3,(H,19,20);1H. The Bertz CT molecular complexity index is 508. The maximum atomic E-state index is 4.82. The highest BCUT2D eigenvalue weighted by atomic mass is 127. The molecule has 3 rings (SSSR count). The lowest BCUT2D eigenvalue weighted by Crippen LogP contribution is -2.39. The summed E-state index contributed by atoms with van der Waals surface area (Å²) in [6.45, 7) is 8.44. The van der Waals surface area contributed by atoms with Gasteiger partial charge in [0.1, 0.15) is 0 Å². The number of nitrogens with zero attached hydrogens (tertiary/aromatic N) is 3. The molecule has 1 N–H and O–H groups in total. The molecule has 134 valence electrons. The molecule has 2 saturated heterocycles. The molecule has 24 heavy (non-hydrogen) atoms. The van der Waals surface area contributed by atoms with Crippen LogP contribution in [0.25, 0.3) is 0 Å². The Kier molecular flexibility index (Phi) is 8.52. The van der Waals surface area contributed by atoms with Crippen molar-refractivity contribution in [3.05, 3.63) is 29.8 Å². The molecule has 0 aliphatic carbocycles. The molecule has 0 spiro atoms. The summed E-state index contributed by atoms with van der Waals surface area (Å²) in [4.78, 5) is 9.68. The van der Waals surface area contributed by atoms with Gasteiger partial charge in [0, 0.05) is 49.9 Å². The molecule has 0 amide bonds. The molecule has 1 aromatic carbocycles. The van der Waals surface area contributed by atoms with Gasteiger partial charge in [-0.3, -0.25) is 0 Å². The lowest BCUT2D eigenvalue weighted by Gasteiger charge is -2.28. The zero-order valence-electron chi connectivity index (χ0n) is 14.5. The second kappa shape index (κ2) is 10.4. The van der Waals surface area contributed by atoms with Gasteiger partial charge in [-0.25, -0.2) is 4.99 Å². The van der Waals surface area contributed by atoms with Crippen molar-refractivity contribution in [2.75, 3.05) is 49.1 Å². The van der Waals surface area contributed by atoms with Gasteiger partial charge in [-0.05, 0) is 37.5 Å². The minimum Gasteiger partial charge on any atom is -0.370 e. The fraction of sp³-hybridized carbons (Fsp3) is 0.611. The second-order valence-electron chi connectivity index (χ2n) is 6.13. The van der Waals surface area contributed by atoms with Crippen molar-refractivity contribution in [3.63, 3.8) is 0 Å². The molecule has 4 nitrogen and oxygen atoms in total. The van der Waals surface area contributed by atoms with E-state index in [-0.39, 0.29) is 24.0 Å². The molecule has 0 radical (unpaired) electrons. The normalized spacial score (nSPS) is 18.5. The first-order valence-electron chi connectivity index (χ1n) is 8.81. The third-order valence-electron chi connectivity index (χ3n) is 4.46. The Balaban J connectivity index is 0.00000208. The number of aliphatic imine (C=N–C) groups is 1. The van der Waals surface area contributed by atoms with Crippen molar-refractivity contribution in [3.8, 4) is 0 Å². The number of hydrogen-bond acceptors (Lipinski definition) is 3. The predicted octanol–water partition coefficient (Wildman–Crippen LogP) is 3.42. The Morgan fingerprint density at radius 1 is 1.08 bits per heavy atom. The quantitative estimate of drug-likeness (QED) is 0.424. The van der Waals surface area contributed by atoms with E-state index in [1.807, 2.05) is 0 Å². The Morgan fingerprint density at radius 2 is 1.75 bits per heavy atom. The average Bonchev–Trinajstić information content (AvgIpc) is 3.14. The van der Waals surface area contributed by atoms with E-state index in [0.29, 0.717) is 0 Å². The van der Waals surface area contributed by atoms with Crippen molar-refractivity contribution >= 4 is 47.4 Å². The van der Waals surface area contributed by atoms with E-state index >= 15 is 0 Å². The summed E-state index contributed by atoms with van der Waals surface area (Å²) >= 11 is 2.05. The smallest absolute Gasteiger partial charge is 0.194 e. The molecule has 0 aromatic heterocycles. The van der Waals surface area contributed by atoms with Gasteiger partial charge < -0.3 is 15.1 Å². The van der Waals surface area contributed by atoms with E-state index in [1.165, 1.54) is 48.7 Å². The molecule has 1 aromatic rings. The van der Waals surface area contributed by atoms with Gasteiger partial charge in [-0.2, -0.15) is 11.8 Å². The van der Waals surface area contributed by atoms with Gasteiger partial charge in [0.2, 0.25) is 0 Å². The van der Waals surface area contributed by atoms with Crippen LogP contribution in [0.2, 0.25) is 0 Å². The lowest BCUT2D eigenvalue weighted by atomic mass is 10.2. The van der Waals surface area contributed by atoms with Gasteiger partial charge in [0.25, 0.3) is 0 Å². The molecule has 2 heterocycles. The van der Waals surface area contributed by atoms with E-state index in [1.54, 1.807) is 0 Å². The number of thioether (sulfide) groups is 1. The highest BCUT2D eigenvalue weighted by molar-refractivity contribution is 14.0. The van der Waals surface area contributed by atoms with Crippen molar-refractivity contribution < 1.29 is 0 Å². The van der Waals surface area contributed by atoms with E-state index in [4.69, 9.17) is 4.99 Å². The lowest BCUT2D eigenvalue weighted by molar-refractivity contribution is 0.493. The van der Waals surface area contributed by atoms with Crippen molar-refractivity contribution in [1.29, 1.82) is 0 Å². The molecule has 2 aliphatic rings. The molecule has 6 heteroatoms. The van der Waals surface area contributed by atoms with Crippen molar-refractivity contribution in [1.82, 2.24) is 10.2 Å². The van der Waals surface area contributed by atoms with Crippen LogP contribution in [-0.2, 0) is 6.54 Å². The van der Waals surface area contributed by atoms with Crippen molar-refractivity contribution in [2.45, 2.75) is 26.3 Å². The third-order valence-corrected chi connectivity index (χ3v) is 5.41. The summed E-state index contributed by atoms with van der Waals surface area (Å²) in [5.41, 5.74) is 2.64. The van der Waals surface area contributed by atoms with Gasteiger partial charge in [-0.15, -0.1) is 24.0 Å². The molecule has 0 unspecified atom stereocenters. The van der Waals surface area contributed by atoms with E-state index in [9.17, 15) is 0 Å². The molecular weight excluding hydrogens is 431 g/mol. The number of rotatable bonds is 4. The van der Waals surface area contributed by atoms with Crippen LogP contribution >= 0.6 is 35.7 Å². The van der Waals surface area contributed by atoms with Crippen LogP contribution in [0, 0.1) is 0 Å². The minimum absolute atomic E-state index is 0. The van der Waals surface area contributed by atoms with Gasteiger partial charge in [-0.1, -0.05) is 12.1 Å². The van der Waals surface area contributed by atoms with Crippen LogP contribution in [0.4, 0.5) is 5.69 Å². The maximum Gasteiger partial charge on any atom is 0.194 e. The van der Waals surface area contributed by atoms with Crippen LogP contribution in [0.5, 0.6) is 0 Å². The van der Waals surface area contributed by atoms with Gasteiger partial charge in [0.05, 0.1) is 6.54 Å². The first-order valence-corrected chi connectivity index (χ1v) is 9.97. The topological polar surface area (TPSA) is 30.9 Å². The fourth-order valence-electron chi connectivity index (χ4n) is 3.15. The molecule has 0 bridgehead atoms. The Labute approximate surface area is 167 Å². The highest BCUT2D eigenvalue weighted by Gasteiger charge is 2.15. The van der Waals surface area contributed by atoms with Gasteiger partial charge >= 0.3 is 0 Å². The monoisotopic (exact) mass is 460 g/mol. The maximum absolute atomic E-state index is 4.82. The summed E-state index contributed by atoms with van der Waals surface area (Å²) in [6.07, 6.45) is 2.57. The van der Waals surface area contributed by atoms with E-state index in [2.05, 4.69) is 58.1 Å². The zero-order valence-corrected chi connectivity index (χ0v) is 17.7. The van der Waals surface area contributed by atoms with E-state index < -0.39 is 0 Å². The highest BCUT2D eigenvalue weighted by Crippen LogP contribution is 2.20. The molecule has 0 saturated carbocycles. The first kappa shape index (κ1) is 19.7. The molecule has 2 fully saturated rings. The number of halogens is 1. The van der Waals surface area contributed by atoms with Gasteiger partial charge in [0.15, 0.2) is 5.96 Å². The number of benzene rings is 1. The molecular formula is C18H29IN4S. The number of likely N-dealkylation sites (tertiary alicyclic amines) is 1. The summed E-state index contributed by atoms with van der Waals surface area (Å²) < 4.78 is 0. The minimum atomic E-state index is 0. The fourth-order valence-corrected chi connectivity index (χ4v) is 4.06. The van der Waals surface area contributed by atoms with Crippen LogP contribution in [0.15, 0.2) is 29.3 Å². The van der Waals surface area contributed by atoms with Crippen LogP contribution in [0.1, 0.15) is 25.3 Å². The second-order valence-corrected chi connectivity index (χ2v) is 7.35. The molecule has 0 atom stereocenters. The number of hydrogen-bond donors (Lipinski definition) is 1. The van der Waals surface area contributed by atoms with Crippen molar-refractivity contribution in [2.24, 2.45) is 4.99 Å². The zero-order chi connectivity index (χ0) is 15.9. The predicted molar refractivity (Wildman–Crippen MR) is 117 cm³/mol. The summed E-state index contributed by atoms with van der Waals surface area (Å²) in [5, 5.41) is 3.42. The Hall–Kier alpha value is -0.630. The van der Waals surface area contributed by atoms with Crippen LogP contribution in [0.3, 0.4) is 0 Å². The summed E-state index contributed by atoms with van der Waals surface area (Å²) in [7, 11) is 0. The largest absolute Gasteiger partial charge is 0.370 e. The number of guanidine groups is 1.